The van der Waals surface area contributed by atoms with Crippen molar-refractivity contribution in [1.29, 1.82) is 0 Å². The van der Waals surface area contributed by atoms with Gasteiger partial charge in [-0.15, -0.1) is 0 Å². The molecule has 17 heavy (non-hydrogen) atoms. The summed E-state index contributed by atoms with van der Waals surface area (Å²) in [5, 5.41) is 0. The van der Waals surface area contributed by atoms with E-state index in [1.165, 1.54) is 11.1 Å². The summed E-state index contributed by atoms with van der Waals surface area (Å²) in [6, 6.07) is 8.06. The molecule has 0 saturated heterocycles. The Balaban J connectivity index is 2.01. The first-order valence-electron chi connectivity index (χ1n) is 5.65. The van der Waals surface area contributed by atoms with Crippen LogP contribution in [0.15, 0.2) is 34.9 Å². The van der Waals surface area contributed by atoms with E-state index < -0.39 is 0 Å². The fourth-order valence-corrected chi connectivity index (χ4v) is 1.78. The van der Waals surface area contributed by atoms with E-state index in [1.807, 2.05) is 18.2 Å². The molecule has 2 aromatic rings. The maximum absolute atomic E-state index is 5.68. The summed E-state index contributed by atoms with van der Waals surface area (Å²) < 4.78 is 11.0. The van der Waals surface area contributed by atoms with Gasteiger partial charge in [0.05, 0.1) is 6.26 Å². The second kappa shape index (κ2) is 5.06. The van der Waals surface area contributed by atoms with Crippen molar-refractivity contribution in [2.75, 3.05) is 0 Å². The zero-order valence-electron chi connectivity index (χ0n) is 10.2. The standard InChI is InChI=1S/C14H17NO2/c1-10-3-11(2)5-13(4-10)17-9-14-6-12(7-15)8-16-14/h3-6,8H,7,9,15H2,1-2H3. The van der Waals surface area contributed by atoms with Crippen LogP contribution in [0.4, 0.5) is 0 Å². The lowest BCUT2D eigenvalue weighted by atomic mass is 10.1. The zero-order valence-corrected chi connectivity index (χ0v) is 10.2. The Hall–Kier alpha value is -1.74. The molecule has 0 unspecified atom stereocenters. The number of hydrogen-bond donors (Lipinski definition) is 1. The summed E-state index contributed by atoms with van der Waals surface area (Å²) in [4.78, 5) is 0. The molecule has 1 aromatic heterocycles. The molecule has 0 radical (unpaired) electrons. The molecule has 1 aromatic carbocycles. The van der Waals surface area contributed by atoms with E-state index in [0.29, 0.717) is 13.2 Å². The summed E-state index contributed by atoms with van der Waals surface area (Å²) >= 11 is 0. The van der Waals surface area contributed by atoms with E-state index in [4.69, 9.17) is 14.9 Å². The molecule has 0 bridgehead atoms. The average Bonchev–Trinajstić information content (AvgIpc) is 2.73. The van der Waals surface area contributed by atoms with Crippen molar-refractivity contribution in [3.63, 3.8) is 0 Å². The highest BCUT2D eigenvalue weighted by Gasteiger charge is 2.02. The molecule has 2 N–H and O–H groups in total. The molecule has 0 aliphatic carbocycles. The molecule has 3 heteroatoms. The topological polar surface area (TPSA) is 48.4 Å². The Morgan fingerprint density at radius 3 is 2.41 bits per heavy atom. The van der Waals surface area contributed by atoms with E-state index in [0.717, 1.165) is 17.1 Å². The first-order chi connectivity index (χ1) is 8.17. The van der Waals surface area contributed by atoms with E-state index in [1.54, 1.807) is 6.26 Å². The van der Waals surface area contributed by atoms with Crippen LogP contribution < -0.4 is 10.5 Å². The van der Waals surface area contributed by atoms with Gasteiger partial charge in [0.2, 0.25) is 0 Å². The summed E-state index contributed by atoms with van der Waals surface area (Å²) in [6.07, 6.45) is 1.67. The van der Waals surface area contributed by atoms with Gasteiger partial charge >= 0.3 is 0 Å². The number of aryl methyl sites for hydroxylation is 2. The van der Waals surface area contributed by atoms with Crippen LogP contribution >= 0.6 is 0 Å². The van der Waals surface area contributed by atoms with Crippen LogP contribution in [-0.4, -0.2) is 0 Å². The maximum Gasteiger partial charge on any atom is 0.146 e. The van der Waals surface area contributed by atoms with Gasteiger partial charge in [-0.25, -0.2) is 0 Å². The Kier molecular flexibility index (Phi) is 3.49. The lowest BCUT2D eigenvalue weighted by molar-refractivity contribution is 0.270. The number of nitrogens with two attached hydrogens (primary N) is 1. The average molecular weight is 231 g/mol. The molecule has 3 nitrogen and oxygen atoms in total. The van der Waals surface area contributed by atoms with Gasteiger partial charge in [0.25, 0.3) is 0 Å². The summed E-state index contributed by atoms with van der Waals surface area (Å²) in [5.41, 5.74) is 8.89. The lowest BCUT2D eigenvalue weighted by Gasteiger charge is -2.06. The zero-order chi connectivity index (χ0) is 12.3. The van der Waals surface area contributed by atoms with E-state index >= 15 is 0 Å². The van der Waals surface area contributed by atoms with E-state index in [9.17, 15) is 0 Å². The normalized spacial score (nSPS) is 10.5. The monoisotopic (exact) mass is 231 g/mol. The van der Waals surface area contributed by atoms with Crippen molar-refractivity contribution in [3.8, 4) is 5.75 Å². The quantitative estimate of drug-likeness (QED) is 0.880. The first-order valence-corrected chi connectivity index (χ1v) is 5.65. The van der Waals surface area contributed by atoms with Crippen LogP contribution in [-0.2, 0) is 13.2 Å². The summed E-state index contributed by atoms with van der Waals surface area (Å²) in [7, 11) is 0. The first kappa shape index (κ1) is 11.7. The molecule has 1 heterocycles. The highest BCUT2D eigenvalue weighted by atomic mass is 16.5. The van der Waals surface area contributed by atoms with Crippen LogP contribution in [0.5, 0.6) is 5.75 Å². The third-order valence-electron chi connectivity index (χ3n) is 2.52. The predicted octanol–water partition coefficient (Wildman–Crippen LogP) is 2.93. The number of ether oxygens (including phenoxy) is 1. The van der Waals surface area contributed by atoms with Gasteiger partial charge in [0.1, 0.15) is 18.1 Å². The molecule has 0 fully saturated rings. The molecule has 90 valence electrons. The third kappa shape index (κ3) is 3.11. The van der Waals surface area contributed by atoms with Crippen molar-refractivity contribution in [1.82, 2.24) is 0 Å². The minimum Gasteiger partial charge on any atom is -0.486 e. The van der Waals surface area contributed by atoms with E-state index in [-0.39, 0.29) is 0 Å². The number of hydrogen-bond acceptors (Lipinski definition) is 3. The minimum absolute atomic E-state index is 0.433. The minimum atomic E-state index is 0.433. The molecule has 0 aliphatic rings. The predicted molar refractivity (Wildman–Crippen MR) is 66.8 cm³/mol. The second-order valence-electron chi connectivity index (χ2n) is 4.24. The van der Waals surface area contributed by atoms with Crippen LogP contribution in [0.25, 0.3) is 0 Å². The molecule has 0 atom stereocenters. The maximum atomic E-state index is 5.68. The smallest absolute Gasteiger partial charge is 0.146 e. The van der Waals surface area contributed by atoms with Gasteiger partial charge in [-0.3, -0.25) is 0 Å². The van der Waals surface area contributed by atoms with Crippen molar-refractivity contribution in [2.45, 2.75) is 27.0 Å². The molecule has 2 rings (SSSR count). The van der Waals surface area contributed by atoms with Crippen LogP contribution in [0.2, 0.25) is 0 Å². The van der Waals surface area contributed by atoms with Crippen molar-refractivity contribution in [3.05, 3.63) is 53.0 Å². The Morgan fingerprint density at radius 1 is 1.12 bits per heavy atom. The Bertz CT molecular complexity index is 482. The highest BCUT2D eigenvalue weighted by Crippen LogP contribution is 2.18. The van der Waals surface area contributed by atoms with Crippen LogP contribution in [0.1, 0.15) is 22.5 Å². The number of furan rings is 1. The van der Waals surface area contributed by atoms with Gasteiger partial charge in [0.15, 0.2) is 0 Å². The van der Waals surface area contributed by atoms with Gasteiger partial charge < -0.3 is 14.9 Å². The van der Waals surface area contributed by atoms with Crippen LogP contribution in [0.3, 0.4) is 0 Å². The molecule has 0 spiro atoms. The summed E-state index contributed by atoms with van der Waals surface area (Å²) in [6.45, 7) is 5.04. The molecule has 0 aliphatic heterocycles. The lowest BCUT2D eigenvalue weighted by Crippen LogP contribution is -1.95. The molecule has 0 saturated carbocycles. The van der Waals surface area contributed by atoms with Gasteiger partial charge in [-0.05, 0) is 43.2 Å². The van der Waals surface area contributed by atoms with Crippen molar-refractivity contribution in [2.24, 2.45) is 5.73 Å². The fourth-order valence-electron chi connectivity index (χ4n) is 1.78. The molecule has 0 amide bonds. The number of rotatable bonds is 4. The Morgan fingerprint density at radius 2 is 1.82 bits per heavy atom. The molecular formula is C14H17NO2. The largest absolute Gasteiger partial charge is 0.486 e. The number of benzene rings is 1. The van der Waals surface area contributed by atoms with E-state index in [2.05, 4.69) is 19.9 Å². The van der Waals surface area contributed by atoms with Crippen molar-refractivity contribution < 1.29 is 9.15 Å². The highest BCUT2D eigenvalue weighted by molar-refractivity contribution is 5.33. The molecular weight excluding hydrogens is 214 g/mol. The van der Waals surface area contributed by atoms with Gasteiger partial charge in [0, 0.05) is 12.1 Å². The van der Waals surface area contributed by atoms with Crippen LogP contribution in [0, 0.1) is 13.8 Å². The van der Waals surface area contributed by atoms with Crippen molar-refractivity contribution >= 4 is 0 Å². The van der Waals surface area contributed by atoms with Gasteiger partial charge in [-0.2, -0.15) is 0 Å². The summed E-state index contributed by atoms with van der Waals surface area (Å²) in [5.74, 6) is 1.66. The second-order valence-corrected chi connectivity index (χ2v) is 4.24. The SMILES string of the molecule is Cc1cc(C)cc(OCc2cc(CN)co2)c1. The third-order valence-corrected chi connectivity index (χ3v) is 2.52. The van der Waals surface area contributed by atoms with Gasteiger partial charge in [-0.1, -0.05) is 6.07 Å². The Labute approximate surface area is 101 Å². The fraction of sp³-hybridized carbons (Fsp3) is 0.286.